The molecule has 2 aromatic rings. The van der Waals surface area contributed by atoms with E-state index in [2.05, 4.69) is 4.72 Å². The summed E-state index contributed by atoms with van der Waals surface area (Å²) >= 11 is 0. The molecular formula is C21H26N2O5S. The fraction of sp³-hybridized carbons (Fsp3) is 0.381. The Morgan fingerprint density at radius 2 is 1.76 bits per heavy atom. The summed E-state index contributed by atoms with van der Waals surface area (Å²) in [6.07, 6.45) is 1.17. The molecule has 1 fully saturated rings. The van der Waals surface area contributed by atoms with Crippen LogP contribution in [0.2, 0.25) is 0 Å². The van der Waals surface area contributed by atoms with Gasteiger partial charge in [0.15, 0.2) is 11.5 Å². The lowest BCUT2D eigenvalue weighted by Crippen LogP contribution is -2.47. The highest BCUT2D eigenvalue weighted by Gasteiger charge is 2.33. The number of ether oxygens (including phenoxy) is 2. The first-order valence-corrected chi connectivity index (χ1v) is 11.2. The summed E-state index contributed by atoms with van der Waals surface area (Å²) in [6.45, 7) is 3.06. The standard InChI is InChI=1S/C21H26N2O5S/c1-3-27-19-12-6-7-13-20(19)28-18-11-5-4-10-17(18)21(24)23-14-8-9-16(15-23)29(25,26)22-2/h4-7,10-13,16,22H,3,8-9,14-15H2,1-2H3. The summed E-state index contributed by atoms with van der Waals surface area (Å²) in [5.41, 5.74) is 0.390. The molecule has 156 valence electrons. The van der Waals surface area contributed by atoms with Crippen molar-refractivity contribution in [2.75, 3.05) is 26.7 Å². The minimum atomic E-state index is -3.43. The van der Waals surface area contributed by atoms with Gasteiger partial charge in [-0.3, -0.25) is 4.79 Å². The van der Waals surface area contributed by atoms with Crippen LogP contribution in [0.5, 0.6) is 17.2 Å². The molecule has 1 heterocycles. The van der Waals surface area contributed by atoms with Gasteiger partial charge in [0.05, 0.1) is 17.4 Å². The van der Waals surface area contributed by atoms with Gasteiger partial charge < -0.3 is 14.4 Å². The number of para-hydroxylation sites is 3. The van der Waals surface area contributed by atoms with E-state index in [0.717, 1.165) is 0 Å². The lowest BCUT2D eigenvalue weighted by Gasteiger charge is -2.32. The van der Waals surface area contributed by atoms with Gasteiger partial charge in [0.1, 0.15) is 5.75 Å². The highest BCUT2D eigenvalue weighted by Crippen LogP contribution is 2.33. The van der Waals surface area contributed by atoms with Gasteiger partial charge in [-0.1, -0.05) is 24.3 Å². The molecule has 8 heteroatoms. The van der Waals surface area contributed by atoms with E-state index < -0.39 is 15.3 Å². The number of amides is 1. The van der Waals surface area contributed by atoms with Crippen molar-refractivity contribution in [2.24, 2.45) is 0 Å². The van der Waals surface area contributed by atoms with Crippen LogP contribution in [0.4, 0.5) is 0 Å². The maximum atomic E-state index is 13.2. The summed E-state index contributed by atoms with van der Waals surface area (Å²) in [5.74, 6) is 1.27. The zero-order valence-corrected chi connectivity index (χ0v) is 17.4. The van der Waals surface area contributed by atoms with Gasteiger partial charge in [-0.25, -0.2) is 13.1 Å². The third-order valence-electron chi connectivity index (χ3n) is 4.88. The van der Waals surface area contributed by atoms with Crippen LogP contribution >= 0.6 is 0 Å². The van der Waals surface area contributed by atoms with Crippen molar-refractivity contribution >= 4 is 15.9 Å². The largest absolute Gasteiger partial charge is 0.490 e. The van der Waals surface area contributed by atoms with E-state index >= 15 is 0 Å². The predicted octanol–water partition coefficient (Wildman–Crippen LogP) is 3.03. The van der Waals surface area contributed by atoms with Crippen LogP contribution in [0.1, 0.15) is 30.1 Å². The Morgan fingerprint density at radius 1 is 1.10 bits per heavy atom. The summed E-state index contributed by atoms with van der Waals surface area (Å²) < 4.78 is 38.3. The number of piperidine rings is 1. The number of carbonyl (C=O) groups excluding carboxylic acids is 1. The Bertz CT molecular complexity index is 961. The fourth-order valence-electron chi connectivity index (χ4n) is 3.37. The van der Waals surface area contributed by atoms with Crippen LogP contribution in [0.3, 0.4) is 0 Å². The molecule has 1 aliphatic heterocycles. The van der Waals surface area contributed by atoms with Gasteiger partial charge >= 0.3 is 0 Å². The van der Waals surface area contributed by atoms with Crippen molar-refractivity contribution in [3.8, 4) is 17.2 Å². The van der Waals surface area contributed by atoms with Crippen molar-refractivity contribution in [3.05, 3.63) is 54.1 Å². The molecule has 0 bridgehead atoms. The molecule has 3 rings (SSSR count). The molecule has 0 aromatic heterocycles. The first-order valence-electron chi connectivity index (χ1n) is 9.66. The zero-order chi connectivity index (χ0) is 20.9. The average molecular weight is 419 g/mol. The highest BCUT2D eigenvalue weighted by molar-refractivity contribution is 7.90. The third kappa shape index (κ3) is 4.89. The first-order chi connectivity index (χ1) is 14.0. The molecular weight excluding hydrogens is 392 g/mol. The molecule has 1 N–H and O–H groups in total. The predicted molar refractivity (Wildman–Crippen MR) is 111 cm³/mol. The Balaban J connectivity index is 1.84. The average Bonchev–Trinajstić information content (AvgIpc) is 2.75. The van der Waals surface area contributed by atoms with E-state index in [0.29, 0.717) is 48.8 Å². The van der Waals surface area contributed by atoms with E-state index in [4.69, 9.17) is 9.47 Å². The molecule has 7 nitrogen and oxygen atoms in total. The van der Waals surface area contributed by atoms with Gasteiger partial charge in [-0.2, -0.15) is 0 Å². The Hall–Kier alpha value is -2.58. The monoisotopic (exact) mass is 418 g/mol. The van der Waals surface area contributed by atoms with Crippen molar-refractivity contribution in [2.45, 2.75) is 25.0 Å². The van der Waals surface area contributed by atoms with Crippen LogP contribution in [0.25, 0.3) is 0 Å². The number of sulfonamides is 1. The topological polar surface area (TPSA) is 84.9 Å². The summed E-state index contributed by atoms with van der Waals surface area (Å²) in [5, 5.41) is -0.614. The third-order valence-corrected chi connectivity index (χ3v) is 6.71. The lowest BCUT2D eigenvalue weighted by atomic mass is 10.1. The van der Waals surface area contributed by atoms with Crippen LogP contribution in [0, 0.1) is 0 Å². The van der Waals surface area contributed by atoms with Gasteiger partial charge in [0.2, 0.25) is 10.0 Å². The molecule has 1 atom stereocenters. The van der Waals surface area contributed by atoms with Crippen molar-refractivity contribution < 1.29 is 22.7 Å². The zero-order valence-electron chi connectivity index (χ0n) is 16.6. The highest BCUT2D eigenvalue weighted by atomic mass is 32.2. The van der Waals surface area contributed by atoms with Crippen molar-refractivity contribution in [3.63, 3.8) is 0 Å². The van der Waals surface area contributed by atoms with Gasteiger partial charge in [-0.15, -0.1) is 0 Å². The molecule has 0 radical (unpaired) electrons. The van der Waals surface area contributed by atoms with Crippen molar-refractivity contribution in [1.82, 2.24) is 9.62 Å². The summed E-state index contributed by atoms with van der Waals surface area (Å²) in [4.78, 5) is 14.8. The molecule has 0 saturated carbocycles. The van der Waals surface area contributed by atoms with Crippen LogP contribution in [-0.4, -0.2) is 51.2 Å². The normalized spacial score (nSPS) is 17.0. The lowest BCUT2D eigenvalue weighted by molar-refractivity contribution is 0.0724. The van der Waals surface area contributed by atoms with E-state index in [9.17, 15) is 13.2 Å². The van der Waals surface area contributed by atoms with E-state index in [-0.39, 0.29) is 12.5 Å². The Morgan fingerprint density at radius 3 is 2.45 bits per heavy atom. The number of rotatable bonds is 7. The fourth-order valence-corrected chi connectivity index (χ4v) is 4.56. The molecule has 0 aliphatic carbocycles. The minimum absolute atomic E-state index is 0.159. The number of benzene rings is 2. The maximum absolute atomic E-state index is 13.2. The summed E-state index contributed by atoms with van der Waals surface area (Å²) in [7, 11) is -2.03. The van der Waals surface area contributed by atoms with E-state index in [1.807, 2.05) is 19.1 Å². The summed E-state index contributed by atoms with van der Waals surface area (Å²) in [6, 6.07) is 14.2. The second kappa shape index (κ2) is 9.28. The van der Waals surface area contributed by atoms with Crippen LogP contribution in [0.15, 0.2) is 48.5 Å². The molecule has 2 aromatic carbocycles. The minimum Gasteiger partial charge on any atom is -0.490 e. The van der Waals surface area contributed by atoms with Gasteiger partial charge in [-0.05, 0) is 51.1 Å². The number of hydrogen-bond donors (Lipinski definition) is 1. The number of nitrogens with zero attached hydrogens (tertiary/aromatic N) is 1. The maximum Gasteiger partial charge on any atom is 0.257 e. The molecule has 29 heavy (non-hydrogen) atoms. The number of carbonyl (C=O) groups is 1. The Kier molecular flexibility index (Phi) is 6.76. The van der Waals surface area contributed by atoms with E-state index in [1.165, 1.54) is 7.05 Å². The smallest absolute Gasteiger partial charge is 0.257 e. The molecule has 0 spiro atoms. The second-order valence-corrected chi connectivity index (χ2v) is 8.91. The van der Waals surface area contributed by atoms with Crippen LogP contribution < -0.4 is 14.2 Å². The molecule has 1 aliphatic rings. The second-order valence-electron chi connectivity index (χ2n) is 6.74. The number of likely N-dealkylation sites (tertiary alicyclic amines) is 1. The van der Waals surface area contributed by atoms with Crippen molar-refractivity contribution in [1.29, 1.82) is 0 Å². The SMILES string of the molecule is CCOc1ccccc1Oc1ccccc1C(=O)N1CCCC(S(=O)(=O)NC)C1. The number of nitrogens with one attached hydrogen (secondary N) is 1. The quantitative estimate of drug-likeness (QED) is 0.747. The first kappa shape index (κ1) is 21.1. The molecule has 1 amide bonds. The Labute approximate surface area is 171 Å². The molecule has 1 unspecified atom stereocenters. The van der Waals surface area contributed by atoms with Gasteiger partial charge in [0.25, 0.3) is 5.91 Å². The number of hydrogen-bond acceptors (Lipinski definition) is 5. The van der Waals surface area contributed by atoms with E-state index in [1.54, 1.807) is 41.3 Å². The van der Waals surface area contributed by atoms with Crippen LogP contribution in [-0.2, 0) is 10.0 Å². The van der Waals surface area contributed by atoms with Gasteiger partial charge in [0, 0.05) is 13.1 Å². The molecule has 1 saturated heterocycles.